The number of carbonyl (C=O) groups excluding carboxylic acids is 1. The van der Waals surface area contributed by atoms with Crippen molar-refractivity contribution in [2.75, 3.05) is 10.6 Å². The smallest absolute Gasteiger partial charge is 0.280 e. The normalized spacial score (nSPS) is 11.4. The van der Waals surface area contributed by atoms with Gasteiger partial charge < -0.3 is 10.6 Å². The average Bonchev–Trinajstić information content (AvgIpc) is 2.87. The van der Waals surface area contributed by atoms with Crippen molar-refractivity contribution in [3.63, 3.8) is 0 Å². The topological polar surface area (TPSA) is 78.9 Å². The SMILES string of the molecule is C=c1[nH]n(-c2cccc(Cl)c2)c(=O)c1=CNc1cccc(NC(C)=O)c1. The summed E-state index contributed by atoms with van der Waals surface area (Å²) in [5.74, 6) is -0.152. The molecular formula is C19H17ClN4O2. The molecule has 1 aromatic heterocycles. The van der Waals surface area contributed by atoms with E-state index >= 15 is 0 Å². The van der Waals surface area contributed by atoms with Gasteiger partial charge in [0.05, 0.1) is 16.3 Å². The predicted molar refractivity (Wildman–Crippen MR) is 105 cm³/mol. The molecule has 0 radical (unpaired) electrons. The maximum atomic E-state index is 12.7. The number of benzene rings is 2. The minimum atomic E-state index is -0.247. The molecule has 0 aliphatic carbocycles. The number of anilines is 2. The van der Waals surface area contributed by atoms with Gasteiger partial charge in [0.25, 0.3) is 5.56 Å². The zero-order chi connectivity index (χ0) is 18.7. The second-order valence-corrected chi connectivity index (χ2v) is 6.11. The highest BCUT2D eigenvalue weighted by atomic mass is 35.5. The quantitative estimate of drug-likeness (QED) is 0.659. The molecule has 3 aromatic rings. The number of nitrogens with zero attached hydrogens (tertiary/aromatic N) is 1. The minimum absolute atomic E-state index is 0.152. The first-order chi connectivity index (χ1) is 12.4. The molecule has 0 bridgehead atoms. The van der Waals surface area contributed by atoms with E-state index in [1.807, 2.05) is 6.07 Å². The van der Waals surface area contributed by atoms with E-state index < -0.39 is 0 Å². The van der Waals surface area contributed by atoms with Crippen molar-refractivity contribution in [3.05, 3.63) is 74.5 Å². The van der Waals surface area contributed by atoms with E-state index in [4.69, 9.17) is 11.6 Å². The van der Waals surface area contributed by atoms with Crippen LogP contribution < -0.4 is 26.8 Å². The van der Waals surface area contributed by atoms with Crippen LogP contribution in [0, 0.1) is 0 Å². The summed E-state index contributed by atoms with van der Waals surface area (Å²) in [5.41, 5.74) is 1.77. The number of aromatic nitrogens is 2. The van der Waals surface area contributed by atoms with Gasteiger partial charge in [-0.1, -0.05) is 30.3 Å². The van der Waals surface area contributed by atoms with Gasteiger partial charge in [-0.2, -0.15) is 0 Å². The molecule has 1 amide bonds. The number of rotatable bonds is 4. The van der Waals surface area contributed by atoms with E-state index in [0.717, 1.165) is 5.69 Å². The summed E-state index contributed by atoms with van der Waals surface area (Å²) in [7, 11) is 0. The van der Waals surface area contributed by atoms with E-state index in [1.54, 1.807) is 48.7 Å². The van der Waals surface area contributed by atoms with Gasteiger partial charge in [0.15, 0.2) is 0 Å². The van der Waals surface area contributed by atoms with Crippen molar-refractivity contribution in [2.45, 2.75) is 6.92 Å². The first-order valence-electron chi connectivity index (χ1n) is 7.84. The lowest BCUT2D eigenvalue weighted by Gasteiger charge is -2.05. The summed E-state index contributed by atoms with van der Waals surface area (Å²) in [5, 5.41) is 10.1. The summed E-state index contributed by atoms with van der Waals surface area (Å²) in [4.78, 5) is 23.8. The molecule has 26 heavy (non-hydrogen) atoms. The molecule has 0 spiro atoms. The van der Waals surface area contributed by atoms with E-state index in [0.29, 0.717) is 27.0 Å². The molecule has 0 saturated heterocycles. The van der Waals surface area contributed by atoms with Crippen molar-refractivity contribution < 1.29 is 4.79 Å². The van der Waals surface area contributed by atoms with Gasteiger partial charge in [0, 0.05) is 29.5 Å². The highest BCUT2D eigenvalue weighted by molar-refractivity contribution is 6.30. The summed E-state index contributed by atoms with van der Waals surface area (Å²) in [6, 6.07) is 14.1. The molecule has 0 aliphatic rings. The predicted octanol–water partition coefficient (Wildman–Crippen LogP) is 2.04. The van der Waals surface area contributed by atoms with Crippen LogP contribution in [0.25, 0.3) is 18.5 Å². The van der Waals surface area contributed by atoms with E-state index in [2.05, 4.69) is 22.3 Å². The zero-order valence-electron chi connectivity index (χ0n) is 14.0. The Balaban J connectivity index is 1.94. The lowest BCUT2D eigenvalue weighted by atomic mass is 10.2. The lowest BCUT2D eigenvalue weighted by Crippen LogP contribution is -2.34. The van der Waals surface area contributed by atoms with Crippen LogP contribution in [0.5, 0.6) is 0 Å². The fraction of sp³-hybridized carbons (Fsp3) is 0.0526. The number of nitrogens with one attached hydrogen (secondary N) is 3. The van der Waals surface area contributed by atoms with Crippen LogP contribution in [0.15, 0.2) is 53.3 Å². The molecule has 0 aliphatic heterocycles. The van der Waals surface area contributed by atoms with Crippen LogP contribution in [0.3, 0.4) is 0 Å². The molecule has 0 unspecified atom stereocenters. The fourth-order valence-electron chi connectivity index (χ4n) is 2.49. The van der Waals surface area contributed by atoms with Gasteiger partial charge in [0.2, 0.25) is 5.91 Å². The third-order valence-corrected chi connectivity index (χ3v) is 3.87. The van der Waals surface area contributed by atoms with Gasteiger partial charge in [-0.3, -0.25) is 14.7 Å². The van der Waals surface area contributed by atoms with Crippen molar-refractivity contribution in [1.82, 2.24) is 9.78 Å². The number of amides is 1. The number of aromatic amines is 1. The monoisotopic (exact) mass is 368 g/mol. The average molecular weight is 369 g/mol. The molecule has 3 N–H and O–H groups in total. The number of halogens is 1. The van der Waals surface area contributed by atoms with Crippen molar-refractivity contribution in [2.24, 2.45) is 0 Å². The second-order valence-electron chi connectivity index (χ2n) is 5.68. The third kappa shape index (κ3) is 3.87. The molecule has 7 heteroatoms. The third-order valence-electron chi connectivity index (χ3n) is 3.64. The molecule has 0 fully saturated rings. The largest absolute Gasteiger partial charge is 0.361 e. The Bertz CT molecular complexity index is 1130. The Hall–Kier alpha value is -3.25. The first-order valence-corrected chi connectivity index (χ1v) is 8.22. The van der Waals surface area contributed by atoms with Crippen LogP contribution in [0.4, 0.5) is 11.4 Å². The van der Waals surface area contributed by atoms with Crippen LogP contribution in [-0.4, -0.2) is 15.7 Å². The van der Waals surface area contributed by atoms with Crippen LogP contribution in [0.1, 0.15) is 6.92 Å². The van der Waals surface area contributed by atoms with Crippen LogP contribution in [-0.2, 0) is 4.79 Å². The highest BCUT2D eigenvalue weighted by Gasteiger charge is 2.05. The highest BCUT2D eigenvalue weighted by Crippen LogP contribution is 2.15. The number of hydrogen-bond donors (Lipinski definition) is 3. The minimum Gasteiger partial charge on any atom is -0.361 e. The van der Waals surface area contributed by atoms with E-state index in [9.17, 15) is 9.59 Å². The van der Waals surface area contributed by atoms with Gasteiger partial charge in [-0.25, -0.2) is 4.68 Å². The van der Waals surface area contributed by atoms with Gasteiger partial charge in [-0.05, 0) is 36.4 Å². The summed E-state index contributed by atoms with van der Waals surface area (Å²) in [6.45, 7) is 5.33. The Kier molecular flexibility index (Phi) is 4.95. The van der Waals surface area contributed by atoms with Gasteiger partial charge in [0.1, 0.15) is 0 Å². The van der Waals surface area contributed by atoms with Crippen LogP contribution in [0.2, 0.25) is 5.02 Å². The standard InChI is InChI=1S/C19H17ClN4O2/c1-12-18(11-21-15-6-4-7-16(10-15)22-13(2)25)19(26)24(23-12)17-8-3-5-14(20)9-17/h3-11,21,23H,1H2,2H3,(H,22,25). The Morgan fingerprint density at radius 1 is 1.19 bits per heavy atom. The summed E-state index contributed by atoms with van der Waals surface area (Å²) < 4.78 is 1.38. The van der Waals surface area contributed by atoms with Crippen molar-refractivity contribution in [3.8, 4) is 5.69 Å². The van der Waals surface area contributed by atoms with Gasteiger partial charge in [-0.15, -0.1) is 0 Å². The van der Waals surface area contributed by atoms with Gasteiger partial charge >= 0.3 is 0 Å². The molecule has 1 heterocycles. The molecule has 132 valence electrons. The number of carbonyl (C=O) groups is 1. The van der Waals surface area contributed by atoms with E-state index in [-0.39, 0.29) is 11.5 Å². The fourth-order valence-corrected chi connectivity index (χ4v) is 2.67. The molecule has 6 nitrogen and oxygen atoms in total. The Morgan fingerprint density at radius 3 is 2.65 bits per heavy atom. The summed E-state index contributed by atoms with van der Waals surface area (Å²) >= 11 is 5.99. The van der Waals surface area contributed by atoms with Crippen molar-refractivity contribution >= 4 is 41.7 Å². The second kappa shape index (κ2) is 7.33. The molecule has 0 atom stereocenters. The Labute approximate surface area is 154 Å². The number of H-pyrrole nitrogens is 1. The van der Waals surface area contributed by atoms with Crippen molar-refractivity contribution in [1.29, 1.82) is 0 Å². The molecule has 3 rings (SSSR count). The van der Waals surface area contributed by atoms with Crippen LogP contribution >= 0.6 is 11.6 Å². The molecular weight excluding hydrogens is 352 g/mol. The maximum absolute atomic E-state index is 12.7. The maximum Gasteiger partial charge on any atom is 0.280 e. The molecule has 0 saturated carbocycles. The Morgan fingerprint density at radius 2 is 1.92 bits per heavy atom. The number of hydrogen-bond acceptors (Lipinski definition) is 3. The van der Waals surface area contributed by atoms with E-state index in [1.165, 1.54) is 11.6 Å². The first kappa shape index (κ1) is 17.6. The molecule has 2 aromatic carbocycles. The zero-order valence-corrected chi connectivity index (χ0v) is 14.8. The summed E-state index contributed by atoms with van der Waals surface area (Å²) in [6.07, 6.45) is 1.58. The lowest BCUT2D eigenvalue weighted by molar-refractivity contribution is -0.114.